The summed E-state index contributed by atoms with van der Waals surface area (Å²) in [5, 5.41) is 2.66. The summed E-state index contributed by atoms with van der Waals surface area (Å²) < 4.78 is 14.9. The highest BCUT2D eigenvalue weighted by molar-refractivity contribution is 9.10. The highest BCUT2D eigenvalue weighted by Gasteiger charge is 2.30. The number of nitrogens with one attached hydrogen (secondary N) is 1. The van der Waals surface area contributed by atoms with E-state index in [0.717, 1.165) is 24.8 Å². The Bertz CT molecular complexity index is 509. The molecule has 0 radical (unpaired) electrons. The van der Waals surface area contributed by atoms with Gasteiger partial charge in [-0.1, -0.05) is 6.07 Å². The molecule has 20 heavy (non-hydrogen) atoms. The molecule has 1 aromatic rings. The lowest BCUT2D eigenvalue weighted by molar-refractivity contribution is -0.122. The average molecular weight is 344 g/mol. The predicted octanol–water partition coefficient (Wildman–Crippen LogP) is 2.15. The molecule has 0 bridgehead atoms. The standard InChI is InChI=1S/C14H19BrFN3O/c1-18-14(20)11-4-2-3-7-19(11)10-6-5-9(8-17)12(15)13(10)16/h5-6,11H,2-4,7-8,17H2,1H3,(H,18,20). The average Bonchev–Trinajstić information content (AvgIpc) is 2.49. The second-order valence-corrected chi connectivity index (χ2v) is 5.69. The third kappa shape index (κ3) is 2.81. The molecule has 0 aliphatic carbocycles. The fraction of sp³-hybridized carbons (Fsp3) is 0.500. The summed E-state index contributed by atoms with van der Waals surface area (Å²) in [6.45, 7) is 0.958. The van der Waals surface area contributed by atoms with Crippen LogP contribution >= 0.6 is 15.9 Å². The van der Waals surface area contributed by atoms with Crippen molar-refractivity contribution in [3.63, 3.8) is 0 Å². The number of benzene rings is 1. The molecule has 3 N–H and O–H groups in total. The van der Waals surface area contributed by atoms with E-state index in [1.165, 1.54) is 0 Å². The monoisotopic (exact) mass is 343 g/mol. The number of hydrogen-bond donors (Lipinski definition) is 2. The van der Waals surface area contributed by atoms with Gasteiger partial charge in [0.2, 0.25) is 5.91 Å². The van der Waals surface area contributed by atoms with Crippen molar-refractivity contribution < 1.29 is 9.18 Å². The van der Waals surface area contributed by atoms with Gasteiger partial charge in [-0.15, -0.1) is 0 Å². The second-order valence-electron chi connectivity index (χ2n) is 4.90. The quantitative estimate of drug-likeness (QED) is 0.884. The van der Waals surface area contributed by atoms with E-state index in [9.17, 15) is 9.18 Å². The molecule has 0 aromatic heterocycles. The first-order valence-electron chi connectivity index (χ1n) is 6.75. The van der Waals surface area contributed by atoms with E-state index in [2.05, 4.69) is 21.2 Å². The maximum Gasteiger partial charge on any atom is 0.242 e. The lowest BCUT2D eigenvalue weighted by Crippen LogP contribution is -2.49. The van der Waals surface area contributed by atoms with Gasteiger partial charge in [0, 0.05) is 20.1 Å². The first-order valence-corrected chi connectivity index (χ1v) is 7.54. The van der Waals surface area contributed by atoms with Crippen LogP contribution in [0.5, 0.6) is 0 Å². The zero-order valence-corrected chi connectivity index (χ0v) is 13.0. The van der Waals surface area contributed by atoms with Crippen LogP contribution < -0.4 is 16.0 Å². The highest BCUT2D eigenvalue weighted by atomic mass is 79.9. The molecule has 1 atom stereocenters. The molecule has 0 spiro atoms. The Labute approximate surface area is 126 Å². The van der Waals surface area contributed by atoms with E-state index in [0.29, 0.717) is 16.7 Å². The zero-order chi connectivity index (χ0) is 14.7. The minimum absolute atomic E-state index is 0.0666. The summed E-state index contributed by atoms with van der Waals surface area (Å²) in [4.78, 5) is 13.8. The third-order valence-electron chi connectivity index (χ3n) is 3.72. The van der Waals surface area contributed by atoms with E-state index in [1.807, 2.05) is 4.90 Å². The molecule has 1 aliphatic heterocycles. The summed E-state index contributed by atoms with van der Waals surface area (Å²) in [6.07, 6.45) is 2.69. The molecule has 1 fully saturated rings. The van der Waals surface area contributed by atoms with Crippen LogP contribution in [0.25, 0.3) is 0 Å². The number of carbonyl (C=O) groups excluding carboxylic acids is 1. The Balaban J connectivity index is 2.38. The van der Waals surface area contributed by atoms with E-state index in [4.69, 9.17) is 5.73 Å². The van der Waals surface area contributed by atoms with Gasteiger partial charge in [0.25, 0.3) is 0 Å². The van der Waals surface area contributed by atoms with Crippen molar-refractivity contribution in [2.24, 2.45) is 5.73 Å². The van der Waals surface area contributed by atoms with Gasteiger partial charge >= 0.3 is 0 Å². The van der Waals surface area contributed by atoms with Crippen molar-refractivity contribution in [2.75, 3.05) is 18.5 Å². The summed E-state index contributed by atoms with van der Waals surface area (Å²) in [5.41, 5.74) is 6.75. The van der Waals surface area contributed by atoms with Crippen LogP contribution in [0.3, 0.4) is 0 Å². The molecule has 1 aromatic carbocycles. The number of amides is 1. The number of piperidine rings is 1. The third-order valence-corrected chi connectivity index (χ3v) is 4.58. The molecular weight excluding hydrogens is 325 g/mol. The number of rotatable bonds is 3. The number of halogens is 2. The topological polar surface area (TPSA) is 58.4 Å². The van der Waals surface area contributed by atoms with E-state index in [1.54, 1.807) is 19.2 Å². The Kier molecular flexibility index (Phi) is 4.99. The molecule has 6 heteroatoms. The van der Waals surface area contributed by atoms with Crippen LogP contribution in [0.15, 0.2) is 16.6 Å². The number of nitrogens with two attached hydrogens (primary N) is 1. The van der Waals surface area contributed by atoms with Crippen LogP contribution in [0, 0.1) is 5.82 Å². The van der Waals surface area contributed by atoms with Crippen molar-refractivity contribution in [2.45, 2.75) is 31.8 Å². The summed E-state index contributed by atoms with van der Waals surface area (Å²) in [6, 6.07) is 3.21. The van der Waals surface area contributed by atoms with Crippen LogP contribution in [0.1, 0.15) is 24.8 Å². The molecular formula is C14H19BrFN3O. The smallest absolute Gasteiger partial charge is 0.242 e. The molecule has 1 saturated heterocycles. The van der Waals surface area contributed by atoms with Crippen LogP contribution in [-0.2, 0) is 11.3 Å². The number of anilines is 1. The summed E-state index contributed by atoms with van der Waals surface area (Å²) >= 11 is 3.25. The first-order chi connectivity index (χ1) is 9.60. The number of hydrogen-bond acceptors (Lipinski definition) is 3. The minimum Gasteiger partial charge on any atom is -0.357 e. The van der Waals surface area contributed by atoms with Crippen molar-refractivity contribution >= 4 is 27.5 Å². The molecule has 110 valence electrons. The molecule has 1 heterocycles. The van der Waals surface area contributed by atoms with Gasteiger partial charge in [-0.25, -0.2) is 4.39 Å². The van der Waals surface area contributed by atoms with Gasteiger partial charge in [-0.05, 0) is 46.8 Å². The molecule has 4 nitrogen and oxygen atoms in total. The lowest BCUT2D eigenvalue weighted by atomic mass is 10.00. The van der Waals surface area contributed by atoms with Gasteiger partial charge in [0.1, 0.15) is 6.04 Å². The van der Waals surface area contributed by atoms with Crippen molar-refractivity contribution in [3.05, 3.63) is 28.0 Å². The van der Waals surface area contributed by atoms with Gasteiger partial charge in [0.05, 0.1) is 10.2 Å². The molecule has 1 unspecified atom stereocenters. The molecule has 1 amide bonds. The predicted molar refractivity (Wildman–Crippen MR) is 81.0 cm³/mol. The normalized spacial score (nSPS) is 19.0. The molecule has 1 aliphatic rings. The summed E-state index contributed by atoms with van der Waals surface area (Å²) in [7, 11) is 1.61. The maximum atomic E-state index is 14.5. The lowest BCUT2D eigenvalue weighted by Gasteiger charge is -2.36. The second kappa shape index (κ2) is 6.54. The zero-order valence-electron chi connectivity index (χ0n) is 11.5. The maximum absolute atomic E-state index is 14.5. The number of likely N-dealkylation sites (N-methyl/N-ethyl adjacent to an activating group) is 1. The number of carbonyl (C=O) groups is 1. The Morgan fingerprint density at radius 3 is 2.95 bits per heavy atom. The van der Waals surface area contributed by atoms with Crippen molar-refractivity contribution in [3.8, 4) is 0 Å². The van der Waals surface area contributed by atoms with Gasteiger partial charge in [-0.3, -0.25) is 4.79 Å². The van der Waals surface area contributed by atoms with Crippen LogP contribution in [0.2, 0.25) is 0 Å². The van der Waals surface area contributed by atoms with Crippen molar-refractivity contribution in [1.29, 1.82) is 0 Å². The van der Waals surface area contributed by atoms with Gasteiger partial charge in [-0.2, -0.15) is 0 Å². The first kappa shape index (κ1) is 15.3. The van der Waals surface area contributed by atoms with E-state index in [-0.39, 0.29) is 24.3 Å². The van der Waals surface area contributed by atoms with Crippen molar-refractivity contribution in [1.82, 2.24) is 5.32 Å². The minimum atomic E-state index is -0.344. The highest BCUT2D eigenvalue weighted by Crippen LogP contribution is 2.33. The Morgan fingerprint density at radius 1 is 1.55 bits per heavy atom. The fourth-order valence-electron chi connectivity index (χ4n) is 2.62. The van der Waals surface area contributed by atoms with E-state index < -0.39 is 0 Å². The fourth-order valence-corrected chi connectivity index (χ4v) is 3.11. The number of nitrogens with zero attached hydrogens (tertiary/aromatic N) is 1. The SMILES string of the molecule is CNC(=O)C1CCCCN1c1ccc(CN)c(Br)c1F. The van der Waals surface area contributed by atoms with E-state index >= 15 is 0 Å². The Hall–Kier alpha value is -1.14. The van der Waals surface area contributed by atoms with Gasteiger partial charge in [0.15, 0.2) is 5.82 Å². The van der Waals surface area contributed by atoms with Crippen LogP contribution in [-0.4, -0.2) is 25.5 Å². The van der Waals surface area contributed by atoms with Crippen LogP contribution in [0.4, 0.5) is 10.1 Å². The molecule has 0 saturated carbocycles. The Morgan fingerprint density at radius 2 is 2.30 bits per heavy atom. The van der Waals surface area contributed by atoms with Gasteiger partial charge < -0.3 is 16.0 Å². The summed E-state index contributed by atoms with van der Waals surface area (Å²) in [5.74, 6) is -0.410. The largest absolute Gasteiger partial charge is 0.357 e. The molecule has 2 rings (SSSR count).